The maximum absolute atomic E-state index is 3.44. The minimum atomic E-state index is 0.999. The van der Waals surface area contributed by atoms with Crippen molar-refractivity contribution < 1.29 is 0 Å². The lowest BCUT2D eigenvalue weighted by Crippen LogP contribution is -2.23. The van der Waals surface area contributed by atoms with Gasteiger partial charge in [0.25, 0.3) is 0 Å². The van der Waals surface area contributed by atoms with E-state index >= 15 is 0 Å². The monoisotopic (exact) mass is 299 g/mol. The minimum absolute atomic E-state index is 0.999. The highest BCUT2D eigenvalue weighted by Crippen LogP contribution is 2.33. The summed E-state index contributed by atoms with van der Waals surface area (Å²) in [5.41, 5.74) is 9.57. The summed E-state index contributed by atoms with van der Waals surface area (Å²) in [6, 6.07) is 24.2. The van der Waals surface area contributed by atoms with E-state index in [9.17, 15) is 0 Å². The summed E-state index contributed by atoms with van der Waals surface area (Å²) < 4.78 is 0. The smallest absolute Gasteiger partial charge is 0.0208 e. The third-order valence-electron chi connectivity index (χ3n) is 4.82. The standard InChI is InChI=1S/C22H21N/c1-16-21(17-6-3-2-4-7-17)8-5-9-22(16)19-10-11-20-15-23-13-12-18(20)14-19/h2-11,14,23H,12-13,15H2,1H3. The first-order chi connectivity index (χ1) is 11.3. The topological polar surface area (TPSA) is 12.0 Å². The zero-order valence-corrected chi connectivity index (χ0v) is 13.5. The van der Waals surface area contributed by atoms with Crippen molar-refractivity contribution >= 4 is 0 Å². The molecule has 1 N–H and O–H groups in total. The third kappa shape index (κ3) is 2.69. The maximum atomic E-state index is 3.44. The second-order valence-corrected chi connectivity index (χ2v) is 6.25. The molecule has 3 aromatic rings. The van der Waals surface area contributed by atoms with Crippen LogP contribution < -0.4 is 5.32 Å². The fourth-order valence-electron chi connectivity index (χ4n) is 3.52. The Morgan fingerprint density at radius 2 is 1.52 bits per heavy atom. The maximum Gasteiger partial charge on any atom is 0.0208 e. The lowest BCUT2D eigenvalue weighted by atomic mass is 9.90. The SMILES string of the molecule is Cc1c(-c2ccccc2)cccc1-c1ccc2c(c1)CCNC2. The van der Waals surface area contributed by atoms with Crippen LogP contribution in [-0.2, 0) is 13.0 Å². The van der Waals surface area contributed by atoms with Gasteiger partial charge in [0.15, 0.2) is 0 Å². The van der Waals surface area contributed by atoms with Gasteiger partial charge in [-0.3, -0.25) is 0 Å². The van der Waals surface area contributed by atoms with Crippen LogP contribution in [0.1, 0.15) is 16.7 Å². The van der Waals surface area contributed by atoms with E-state index in [4.69, 9.17) is 0 Å². The van der Waals surface area contributed by atoms with Gasteiger partial charge in [0.05, 0.1) is 0 Å². The molecule has 4 rings (SSSR count). The first kappa shape index (κ1) is 14.2. The molecule has 0 bridgehead atoms. The highest BCUT2D eigenvalue weighted by molar-refractivity contribution is 5.78. The molecular weight excluding hydrogens is 278 g/mol. The van der Waals surface area contributed by atoms with Crippen molar-refractivity contribution in [3.63, 3.8) is 0 Å². The summed E-state index contributed by atoms with van der Waals surface area (Å²) in [4.78, 5) is 0. The van der Waals surface area contributed by atoms with Crippen LogP contribution in [0, 0.1) is 6.92 Å². The molecule has 0 atom stereocenters. The molecule has 0 aliphatic carbocycles. The van der Waals surface area contributed by atoms with Crippen molar-refractivity contribution in [2.24, 2.45) is 0 Å². The van der Waals surface area contributed by atoms with Gasteiger partial charge in [0.2, 0.25) is 0 Å². The molecule has 0 aromatic heterocycles. The molecule has 1 nitrogen and oxygen atoms in total. The Hall–Kier alpha value is -2.38. The van der Waals surface area contributed by atoms with Gasteiger partial charge in [0, 0.05) is 6.54 Å². The normalized spacial score (nSPS) is 13.6. The highest BCUT2D eigenvalue weighted by Gasteiger charge is 2.12. The molecule has 114 valence electrons. The van der Waals surface area contributed by atoms with Crippen molar-refractivity contribution in [3.05, 3.63) is 83.4 Å². The van der Waals surface area contributed by atoms with Crippen LogP contribution >= 0.6 is 0 Å². The molecular formula is C22H21N. The van der Waals surface area contributed by atoms with E-state index in [1.165, 1.54) is 38.9 Å². The molecule has 0 saturated heterocycles. The van der Waals surface area contributed by atoms with E-state index in [0.717, 1.165) is 19.5 Å². The van der Waals surface area contributed by atoms with Crippen LogP contribution in [0.5, 0.6) is 0 Å². The Morgan fingerprint density at radius 3 is 2.35 bits per heavy atom. The number of fused-ring (bicyclic) bond motifs is 1. The number of hydrogen-bond donors (Lipinski definition) is 1. The van der Waals surface area contributed by atoms with Crippen molar-refractivity contribution in [1.82, 2.24) is 5.32 Å². The van der Waals surface area contributed by atoms with Crippen LogP contribution in [0.3, 0.4) is 0 Å². The van der Waals surface area contributed by atoms with Gasteiger partial charge in [0.1, 0.15) is 0 Å². The lowest BCUT2D eigenvalue weighted by Gasteiger charge is -2.19. The predicted molar refractivity (Wildman–Crippen MR) is 97.5 cm³/mol. The lowest BCUT2D eigenvalue weighted by molar-refractivity contribution is 0.644. The van der Waals surface area contributed by atoms with Crippen molar-refractivity contribution in [2.45, 2.75) is 19.9 Å². The van der Waals surface area contributed by atoms with Gasteiger partial charge < -0.3 is 5.32 Å². The first-order valence-electron chi connectivity index (χ1n) is 8.31. The predicted octanol–water partition coefficient (Wildman–Crippen LogP) is 4.97. The zero-order chi connectivity index (χ0) is 15.6. The summed E-state index contributed by atoms with van der Waals surface area (Å²) in [6.45, 7) is 4.32. The highest BCUT2D eigenvalue weighted by atomic mass is 14.9. The Labute approximate surface area is 138 Å². The van der Waals surface area contributed by atoms with Gasteiger partial charge in [-0.25, -0.2) is 0 Å². The fraction of sp³-hybridized carbons (Fsp3) is 0.182. The molecule has 3 aromatic carbocycles. The third-order valence-corrected chi connectivity index (χ3v) is 4.82. The number of benzene rings is 3. The Bertz CT molecular complexity index is 834. The molecule has 1 aliphatic heterocycles. The average Bonchev–Trinajstić information content (AvgIpc) is 2.62. The molecule has 0 spiro atoms. The van der Waals surface area contributed by atoms with Crippen LogP contribution in [0.2, 0.25) is 0 Å². The molecule has 1 heteroatoms. The van der Waals surface area contributed by atoms with E-state index in [1.54, 1.807) is 0 Å². The number of nitrogens with one attached hydrogen (secondary N) is 1. The average molecular weight is 299 g/mol. The summed E-state index contributed by atoms with van der Waals surface area (Å²) in [7, 11) is 0. The van der Waals surface area contributed by atoms with E-state index in [2.05, 4.69) is 79.0 Å². The molecule has 0 fully saturated rings. The second kappa shape index (κ2) is 6.02. The molecule has 1 aliphatic rings. The van der Waals surface area contributed by atoms with Gasteiger partial charge >= 0.3 is 0 Å². The zero-order valence-electron chi connectivity index (χ0n) is 13.5. The Balaban J connectivity index is 1.81. The van der Waals surface area contributed by atoms with Crippen LogP contribution in [0.4, 0.5) is 0 Å². The van der Waals surface area contributed by atoms with E-state index < -0.39 is 0 Å². The van der Waals surface area contributed by atoms with E-state index in [0.29, 0.717) is 0 Å². The van der Waals surface area contributed by atoms with Crippen molar-refractivity contribution in [1.29, 1.82) is 0 Å². The van der Waals surface area contributed by atoms with Gasteiger partial charge in [-0.2, -0.15) is 0 Å². The van der Waals surface area contributed by atoms with Gasteiger partial charge in [-0.1, -0.05) is 66.7 Å². The summed E-state index contributed by atoms with van der Waals surface area (Å²) in [5, 5.41) is 3.44. The van der Waals surface area contributed by atoms with Gasteiger partial charge in [-0.15, -0.1) is 0 Å². The molecule has 0 amide bonds. The molecule has 0 saturated carbocycles. The summed E-state index contributed by atoms with van der Waals surface area (Å²) in [5.74, 6) is 0. The molecule has 1 heterocycles. The minimum Gasteiger partial charge on any atom is -0.312 e. The largest absolute Gasteiger partial charge is 0.312 e. The van der Waals surface area contributed by atoms with Crippen LogP contribution in [0.15, 0.2) is 66.7 Å². The molecule has 0 radical (unpaired) electrons. The van der Waals surface area contributed by atoms with Crippen LogP contribution in [0.25, 0.3) is 22.3 Å². The Kier molecular flexibility index (Phi) is 3.72. The molecule has 23 heavy (non-hydrogen) atoms. The fourth-order valence-corrected chi connectivity index (χ4v) is 3.52. The van der Waals surface area contributed by atoms with Crippen molar-refractivity contribution in [3.8, 4) is 22.3 Å². The van der Waals surface area contributed by atoms with E-state index in [1.807, 2.05) is 0 Å². The van der Waals surface area contributed by atoms with Gasteiger partial charge in [-0.05, 0) is 58.8 Å². The number of hydrogen-bond acceptors (Lipinski definition) is 1. The van der Waals surface area contributed by atoms with E-state index in [-0.39, 0.29) is 0 Å². The first-order valence-corrected chi connectivity index (χ1v) is 8.31. The number of rotatable bonds is 2. The van der Waals surface area contributed by atoms with Crippen LogP contribution in [-0.4, -0.2) is 6.54 Å². The summed E-state index contributed by atoms with van der Waals surface area (Å²) in [6.07, 6.45) is 1.13. The van der Waals surface area contributed by atoms with Crippen molar-refractivity contribution in [2.75, 3.05) is 6.54 Å². The molecule has 0 unspecified atom stereocenters. The summed E-state index contributed by atoms with van der Waals surface area (Å²) >= 11 is 0. The quantitative estimate of drug-likeness (QED) is 0.704. The Morgan fingerprint density at radius 1 is 0.739 bits per heavy atom. The second-order valence-electron chi connectivity index (χ2n) is 6.25.